The summed E-state index contributed by atoms with van der Waals surface area (Å²) < 4.78 is 5.32. The van der Waals surface area contributed by atoms with Crippen LogP contribution in [0, 0.1) is 0 Å². The first-order valence-electron chi connectivity index (χ1n) is 11.7. The van der Waals surface area contributed by atoms with Gasteiger partial charge in [-0.2, -0.15) is 0 Å². The summed E-state index contributed by atoms with van der Waals surface area (Å²) in [5, 5.41) is 13.9. The normalized spacial score (nSPS) is 15.6. The van der Waals surface area contributed by atoms with Crippen LogP contribution in [0.25, 0.3) is 5.57 Å². The van der Waals surface area contributed by atoms with Crippen molar-refractivity contribution in [2.75, 3.05) is 13.7 Å². The number of aryl methyl sites for hydroxylation is 1. The van der Waals surface area contributed by atoms with E-state index in [1.54, 1.807) is 21.0 Å². The van der Waals surface area contributed by atoms with Gasteiger partial charge in [-0.15, -0.1) is 0 Å². The van der Waals surface area contributed by atoms with Crippen LogP contribution in [0.2, 0.25) is 0 Å². The molecule has 34 heavy (non-hydrogen) atoms. The van der Waals surface area contributed by atoms with Crippen molar-refractivity contribution in [3.63, 3.8) is 0 Å². The highest BCUT2D eigenvalue weighted by Gasteiger charge is 2.41. The molecule has 180 valence electrons. The molecule has 1 amide bonds. The maximum atomic E-state index is 13.1. The van der Waals surface area contributed by atoms with Crippen LogP contribution in [-0.2, 0) is 11.2 Å². The fourth-order valence-electron chi connectivity index (χ4n) is 4.12. The molecule has 0 fully saturated rings. The second kappa shape index (κ2) is 9.98. The van der Waals surface area contributed by atoms with Gasteiger partial charge in [0.15, 0.2) is 0 Å². The first kappa shape index (κ1) is 25.4. The number of rotatable bonds is 9. The van der Waals surface area contributed by atoms with Crippen LogP contribution >= 0.6 is 0 Å². The number of benzene rings is 2. The molecule has 2 aromatic rings. The van der Waals surface area contributed by atoms with Crippen LogP contribution in [0.1, 0.15) is 57.7 Å². The van der Waals surface area contributed by atoms with E-state index in [1.807, 2.05) is 38.1 Å². The maximum Gasteiger partial charge on any atom is 0.224 e. The molecule has 0 radical (unpaired) electrons. The van der Waals surface area contributed by atoms with Gasteiger partial charge < -0.3 is 15.2 Å². The molecule has 0 aromatic heterocycles. The third-order valence-corrected chi connectivity index (χ3v) is 6.91. The Bertz CT molecular complexity index is 1120. The standard InChI is InChI=1S/C29H36N2O3/c1-8-20-9-11-22(12-10-20)27-26(21-13-15-24(34-7)16-14-21)23(18-30-27)17-25(32)31-28(4,5)29(6,33)19(2)3/h9-16,33H,2,8,17-18H2,1,3-7H3,(H,31,32). The number of nitrogens with zero attached hydrogens (tertiary/aromatic N) is 1. The zero-order valence-electron chi connectivity index (χ0n) is 21.2. The lowest BCUT2D eigenvalue weighted by atomic mass is 9.79. The zero-order chi connectivity index (χ0) is 25.1. The molecular formula is C29H36N2O3. The topological polar surface area (TPSA) is 70.9 Å². The van der Waals surface area contributed by atoms with Crippen LogP contribution in [0.5, 0.6) is 5.75 Å². The van der Waals surface area contributed by atoms with E-state index in [4.69, 9.17) is 9.73 Å². The number of allylic oxidation sites excluding steroid dienone is 1. The molecule has 2 aromatic carbocycles. The van der Waals surface area contributed by atoms with Gasteiger partial charge in [0.2, 0.25) is 5.91 Å². The van der Waals surface area contributed by atoms with E-state index in [-0.39, 0.29) is 12.3 Å². The molecule has 3 rings (SSSR count). The number of hydrogen-bond acceptors (Lipinski definition) is 4. The molecule has 0 saturated carbocycles. The number of ether oxygens (including phenoxy) is 1. The van der Waals surface area contributed by atoms with Gasteiger partial charge in [0.25, 0.3) is 0 Å². The number of aliphatic imine (C=N–C) groups is 1. The average molecular weight is 461 g/mol. The number of carbonyl (C=O) groups excluding carboxylic acids is 1. The minimum atomic E-state index is -1.24. The second-order valence-corrected chi connectivity index (χ2v) is 9.62. The summed E-state index contributed by atoms with van der Waals surface area (Å²) in [7, 11) is 1.64. The van der Waals surface area contributed by atoms with Gasteiger partial charge in [-0.1, -0.05) is 49.9 Å². The SMILES string of the molecule is C=C(C)C(C)(O)C(C)(C)NC(=O)CC1=C(c2ccc(OC)cc2)C(c2ccc(CC)cc2)=NC1. The number of methoxy groups -OCH3 is 1. The van der Waals surface area contributed by atoms with E-state index in [2.05, 4.69) is 43.1 Å². The summed E-state index contributed by atoms with van der Waals surface area (Å²) in [5.74, 6) is 0.613. The second-order valence-electron chi connectivity index (χ2n) is 9.62. The first-order chi connectivity index (χ1) is 16.0. The molecule has 0 saturated heterocycles. The Morgan fingerprint density at radius 1 is 1.09 bits per heavy atom. The molecule has 1 heterocycles. The van der Waals surface area contributed by atoms with Gasteiger partial charge in [-0.25, -0.2) is 0 Å². The Hall–Kier alpha value is -3.18. The van der Waals surface area contributed by atoms with Gasteiger partial charge in [-0.05, 0) is 68.5 Å². The van der Waals surface area contributed by atoms with Crippen LogP contribution < -0.4 is 10.1 Å². The summed E-state index contributed by atoms with van der Waals surface area (Å²) in [5.41, 5.74) is 4.58. The number of nitrogens with one attached hydrogen (secondary N) is 1. The lowest BCUT2D eigenvalue weighted by Crippen LogP contribution is -2.59. The molecule has 5 heteroatoms. The molecule has 0 bridgehead atoms. The van der Waals surface area contributed by atoms with E-state index in [0.717, 1.165) is 40.2 Å². The summed E-state index contributed by atoms with van der Waals surface area (Å²) in [6.07, 6.45) is 1.17. The maximum absolute atomic E-state index is 13.1. The Morgan fingerprint density at radius 3 is 2.21 bits per heavy atom. The number of aliphatic hydroxyl groups is 1. The van der Waals surface area contributed by atoms with Crippen molar-refractivity contribution < 1.29 is 14.6 Å². The molecule has 1 aliphatic rings. The van der Waals surface area contributed by atoms with Crippen molar-refractivity contribution in [2.45, 2.75) is 58.6 Å². The largest absolute Gasteiger partial charge is 0.497 e. The first-order valence-corrected chi connectivity index (χ1v) is 11.7. The van der Waals surface area contributed by atoms with Crippen molar-refractivity contribution in [1.82, 2.24) is 5.32 Å². The van der Waals surface area contributed by atoms with Crippen molar-refractivity contribution >= 4 is 17.2 Å². The van der Waals surface area contributed by atoms with Gasteiger partial charge in [0, 0.05) is 11.1 Å². The van der Waals surface area contributed by atoms with Crippen molar-refractivity contribution in [3.05, 3.63) is 82.9 Å². The third-order valence-electron chi connectivity index (χ3n) is 6.91. The van der Waals surface area contributed by atoms with E-state index in [1.165, 1.54) is 5.56 Å². The van der Waals surface area contributed by atoms with Crippen molar-refractivity contribution in [1.29, 1.82) is 0 Å². The molecule has 2 N–H and O–H groups in total. The molecule has 1 unspecified atom stereocenters. The highest BCUT2D eigenvalue weighted by Crippen LogP contribution is 2.33. The van der Waals surface area contributed by atoms with Gasteiger partial charge >= 0.3 is 0 Å². The predicted molar refractivity (Wildman–Crippen MR) is 139 cm³/mol. The van der Waals surface area contributed by atoms with Gasteiger partial charge in [0.05, 0.1) is 31.3 Å². The van der Waals surface area contributed by atoms with Crippen molar-refractivity contribution in [2.24, 2.45) is 4.99 Å². The van der Waals surface area contributed by atoms with Crippen molar-refractivity contribution in [3.8, 4) is 5.75 Å². The smallest absolute Gasteiger partial charge is 0.224 e. The van der Waals surface area contributed by atoms with Crippen LogP contribution in [0.4, 0.5) is 0 Å². The Morgan fingerprint density at radius 2 is 1.68 bits per heavy atom. The van der Waals surface area contributed by atoms with E-state index in [9.17, 15) is 9.90 Å². The zero-order valence-corrected chi connectivity index (χ0v) is 21.2. The summed E-state index contributed by atoms with van der Waals surface area (Å²) in [4.78, 5) is 18.0. The van der Waals surface area contributed by atoms with E-state index < -0.39 is 11.1 Å². The predicted octanol–water partition coefficient (Wildman–Crippen LogP) is 5.13. The summed E-state index contributed by atoms with van der Waals surface area (Å²) >= 11 is 0. The minimum absolute atomic E-state index is 0.162. The number of hydrogen-bond donors (Lipinski definition) is 2. The third kappa shape index (κ3) is 5.15. The van der Waals surface area contributed by atoms with E-state index in [0.29, 0.717) is 12.1 Å². The summed E-state index contributed by atoms with van der Waals surface area (Å²) in [6, 6.07) is 16.3. The highest BCUT2D eigenvalue weighted by molar-refractivity contribution is 6.34. The fourth-order valence-corrected chi connectivity index (χ4v) is 4.12. The van der Waals surface area contributed by atoms with Gasteiger partial charge in [-0.3, -0.25) is 9.79 Å². The molecule has 1 atom stereocenters. The Kier molecular flexibility index (Phi) is 7.47. The Balaban J connectivity index is 1.95. The number of carbonyl (C=O) groups is 1. The molecule has 5 nitrogen and oxygen atoms in total. The fraction of sp³-hybridized carbons (Fsp3) is 0.379. The summed E-state index contributed by atoms with van der Waals surface area (Å²) in [6.45, 7) is 13.5. The average Bonchev–Trinajstić information content (AvgIpc) is 3.21. The quantitative estimate of drug-likeness (QED) is 0.510. The highest BCUT2D eigenvalue weighted by atomic mass is 16.5. The molecule has 0 spiro atoms. The minimum Gasteiger partial charge on any atom is -0.497 e. The Labute approximate surface area is 203 Å². The lowest BCUT2D eigenvalue weighted by Gasteiger charge is -2.41. The number of amides is 1. The van der Waals surface area contributed by atoms with E-state index >= 15 is 0 Å². The van der Waals surface area contributed by atoms with Crippen LogP contribution in [0.15, 0.2) is 71.2 Å². The van der Waals surface area contributed by atoms with Gasteiger partial charge in [0.1, 0.15) is 11.4 Å². The lowest BCUT2D eigenvalue weighted by molar-refractivity contribution is -0.124. The molecular weight excluding hydrogens is 424 g/mol. The van der Waals surface area contributed by atoms with Crippen LogP contribution in [-0.4, -0.2) is 41.5 Å². The molecule has 0 aliphatic carbocycles. The van der Waals surface area contributed by atoms with Crippen LogP contribution in [0.3, 0.4) is 0 Å². The molecule has 1 aliphatic heterocycles. The monoisotopic (exact) mass is 460 g/mol.